The summed E-state index contributed by atoms with van der Waals surface area (Å²) in [7, 11) is 0. The molecule has 0 aromatic heterocycles. The van der Waals surface area contributed by atoms with Crippen LogP contribution in [0.4, 0.5) is 5.69 Å². The van der Waals surface area contributed by atoms with Crippen LogP contribution in [0, 0.1) is 5.92 Å². The molecule has 1 saturated carbocycles. The lowest BCUT2D eigenvalue weighted by Gasteiger charge is -2.45. The van der Waals surface area contributed by atoms with Gasteiger partial charge in [-0.05, 0) is 62.3 Å². The maximum absolute atomic E-state index is 6.42. The van der Waals surface area contributed by atoms with E-state index in [4.69, 9.17) is 17.3 Å². The molecule has 20 heavy (non-hydrogen) atoms. The van der Waals surface area contributed by atoms with E-state index in [0.717, 1.165) is 23.4 Å². The summed E-state index contributed by atoms with van der Waals surface area (Å²) < 4.78 is 0. The maximum atomic E-state index is 6.42. The summed E-state index contributed by atoms with van der Waals surface area (Å²) in [5, 5.41) is 0.880. The fourth-order valence-electron chi connectivity index (χ4n) is 4.02. The van der Waals surface area contributed by atoms with Gasteiger partial charge < -0.3 is 10.6 Å². The molecule has 1 heterocycles. The average molecular weight is 293 g/mol. The zero-order valence-electron chi connectivity index (χ0n) is 12.2. The van der Waals surface area contributed by atoms with Crippen LogP contribution in [0.25, 0.3) is 0 Å². The zero-order valence-corrected chi connectivity index (χ0v) is 12.9. The van der Waals surface area contributed by atoms with Crippen LogP contribution in [0.5, 0.6) is 0 Å². The smallest absolute Gasteiger partial charge is 0.0459 e. The highest BCUT2D eigenvalue weighted by Crippen LogP contribution is 2.38. The lowest BCUT2D eigenvalue weighted by atomic mass is 9.78. The Balaban J connectivity index is 1.82. The van der Waals surface area contributed by atoms with Crippen molar-refractivity contribution in [3.05, 3.63) is 28.8 Å². The summed E-state index contributed by atoms with van der Waals surface area (Å²) in [4.78, 5) is 2.62. The summed E-state index contributed by atoms with van der Waals surface area (Å²) in [6.45, 7) is 1.85. The summed E-state index contributed by atoms with van der Waals surface area (Å²) in [5.41, 5.74) is 8.12. The molecule has 0 bridgehead atoms. The number of rotatable bonds is 3. The largest absolute Gasteiger partial charge is 0.368 e. The van der Waals surface area contributed by atoms with Gasteiger partial charge in [0.15, 0.2) is 0 Å². The topological polar surface area (TPSA) is 29.3 Å². The van der Waals surface area contributed by atoms with Crippen LogP contribution in [0.3, 0.4) is 0 Å². The zero-order chi connectivity index (χ0) is 13.9. The summed E-state index contributed by atoms with van der Waals surface area (Å²) in [5.74, 6) is 0.903. The van der Waals surface area contributed by atoms with Gasteiger partial charge in [0.2, 0.25) is 0 Å². The minimum absolute atomic E-state index is 0.660. The Bertz CT molecular complexity index is 458. The maximum Gasteiger partial charge on any atom is 0.0459 e. The quantitative estimate of drug-likeness (QED) is 0.912. The van der Waals surface area contributed by atoms with E-state index in [-0.39, 0.29) is 0 Å². The van der Waals surface area contributed by atoms with E-state index in [1.165, 1.54) is 56.3 Å². The molecule has 1 aromatic rings. The van der Waals surface area contributed by atoms with Gasteiger partial charge in [0.1, 0.15) is 0 Å². The highest BCUT2D eigenvalue weighted by Gasteiger charge is 2.33. The van der Waals surface area contributed by atoms with Gasteiger partial charge in [0.25, 0.3) is 0 Å². The van der Waals surface area contributed by atoms with Crippen molar-refractivity contribution in [2.24, 2.45) is 11.7 Å². The van der Waals surface area contributed by atoms with E-state index in [2.05, 4.69) is 23.1 Å². The molecular weight excluding hydrogens is 268 g/mol. The predicted octanol–water partition coefficient (Wildman–Crippen LogP) is 4.00. The van der Waals surface area contributed by atoms with E-state index in [1.54, 1.807) is 0 Å². The second kappa shape index (κ2) is 6.36. The van der Waals surface area contributed by atoms with Crippen molar-refractivity contribution in [2.45, 2.75) is 51.0 Å². The molecule has 2 fully saturated rings. The predicted molar refractivity (Wildman–Crippen MR) is 86.5 cm³/mol. The van der Waals surface area contributed by atoms with Crippen molar-refractivity contribution in [1.29, 1.82) is 0 Å². The number of anilines is 1. The molecule has 2 nitrogen and oxygen atoms in total. The molecule has 0 amide bonds. The molecule has 2 atom stereocenters. The minimum atomic E-state index is 0.660. The first-order chi connectivity index (χ1) is 9.79. The number of halogens is 1. The Morgan fingerprint density at radius 2 is 1.95 bits per heavy atom. The van der Waals surface area contributed by atoms with Gasteiger partial charge in [-0.3, -0.25) is 0 Å². The third-order valence-corrected chi connectivity index (χ3v) is 5.38. The molecule has 3 heteroatoms. The first-order valence-electron chi connectivity index (χ1n) is 8.04. The number of fused-ring (bicyclic) bond motifs is 1. The Morgan fingerprint density at radius 1 is 1.15 bits per heavy atom. The molecular formula is C17H25ClN2. The molecule has 1 aliphatic carbocycles. The standard InChI is InChI=1S/C17H25ClN2/c18-16-12-15(8-7-13(16)9-10-19)20-11-3-5-14-4-1-2-6-17(14)20/h7-8,12,14,17H,1-6,9-11,19H2. The van der Waals surface area contributed by atoms with Crippen molar-refractivity contribution in [2.75, 3.05) is 18.0 Å². The molecule has 1 aromatic carbocycles. The lowest BCUT2D eigenvalue weighted by molar-refractivity contribution is 0.244. The molecule has 0 radical (unpaired) electrons. The number of benzene rings is 1. The Kier molecular flexibility index (Phi) is 4.52. The molecule has 3 rings (SSSR count). The third-order valence-electron chi connectivity index (χ3n) is 5.03. The van der Waals surface area contributed by atoms with Gasteiger partial charge in [0.05, 0.1) is 0 Å². The van der Waals surface area contributed by atoms with Gasteiger partial charge in [-0.1, -0.05) is 30.5 Å². The number of nitrogens with zero attached hydrogens (tertiary/aromatic N) is 1. The number of hydrogen-bond acceptors (Lipinski definition) is 2. The van der Waals surface area contributed by atoms with E-state index >= 15 is 0 Å². The molecule has 1 aliphatic heterocycles. The average Bonchev–Trinajstić information content (AvgIpc) is 2.49. The summed E-state index contributed by atoms with van der Waals surface area (Å²) >= 11 is 6.42. The van der Waals surface area contributed by atoms with Gasteiger partial charge in [-0.2, -0.15) is 0 Å². The second-order valence-electron chi connectivity index (χ2n) is 6.26. The summed E-state index contributed by atoms with van der Waals surface area (Å²) in [6.07, 6.45) is 9.18. The highest BCUT2D eigenvalue weighted by molar-refractivity contribution is 6.31. The molecule has 2 aliphatic rings. The summed E-state index contributed by atoms with van der Waals surface area (Å²) in [6, 6.07) is 7.31. The van der Waals surface area contributed by atoms with Crippen molar-refractivity contribution in [1.82, 2.24) is 0 Å². The normalized spacial score (nSPS) is 26.4. The Labute approximate surface area is 127 Å². The monoisotopic (exact) mass is 292 g/mol. The fraction of sp³-hybridized carbons (Fsp3) is 0.647. The van der Waals surface area contributed by atoms with Crippen molar-refractivity contribution in [3.8, 4) is 0 Å². The number of piperidine rings is 1. The van der Waals surface area contributed by atoms with Crippen LogP contribution < -0.4 is 10.6 Å². The van der Waals surface area contributed by atoms with E-state index in [0.29, 0.717) is 6.54 Å². The van der Waals surface area contributed by atoms with Crippen molar-refractivity contribution in [3.63, 3.8) is 0 Å². The first-order valence-corrected chi connectivity index (χ1v) is 8.42. The van der Waals surface area contributed by atoms with Gasteiger partial charge in [0, 0.05) is 23.3 Å². The van der Waals surface area contributed by atoms with Crippen LogP contribution in [-0.2, 0) is 6.42 Å². The van der Waals surface area contributed by atoms with E-state index in [1.807, 2.05) is 0 Å². The van der Waals surface area contributed by atoms with Crippen LogP contribution in [0.15, 0.2) is 18.2 Å². The number of nitrogens with two attached hydrogens (primary N) is 1. The SMILES string of the molecule is NCCc1ccc(N2CCCC3CCCCC32)cc1Cl. The Hall–Kier alpha value is -0.730. The first kappa shape index (κ1) is 14.2. The van der Waals surface area contributed by atoms with Gasteiger partial charge in [-0.15, -0.1) is 0 Å². The Morgan fingerprint density at radius 3 is 2.75 bits per heavy atom. The van der Waals surface area contributed by atoms with Crippen molar-refractivity contribution >= 4 is 17.3 Å². The molecule has 110 valence electrons. The molecule has 2 unspecified atom stereocenters. The molecule has 1 saturated heterocycles. The second-order valence-corrected chi connectivity index (χ2v) is 6.67. The van der Waals surface area contributed by atoms with Gasteiger partial charge >= 0.3 is 0 Å². The van der Waals surface area contributed by atoms with Crippen LogP contribution >= 0.6 is 11.6 Å². The number of hydrogen-bond donors (Lipinski definition) is 1. The van der Waals surface area contributed by atoms with Crippen LogP contribution in [-0.4, -0.2) is 19.1 Å². The van der Waals surface area contributed by atoms with E-state index < -0.39 is 0 Å². The fourth-order valence-corrected chi connectivity index (χ4v) is 4.29. The van der Waals surface area contributed by atoms with Crippen LogP contribution in [0.1, 0.15) is 44.1 Å². The van der Waals surface area contributed by atoms with Crippen molar-refractivity contribution < 1.29 is 0 Å². The lowest BCUT2D eigenvalue weighted by Crippen LogP contribution is -2.46. The van der Waals surface area contributed by atoms with Gasteiger partial charge in [-0.25, -0.2) is 0 Å². The highest BCUT2D eigenvalue weighted by atomic mass is 35.5. The molecule has 2 N–H and O–H groups in total. The van der Waals surface area contributed by atoms with E-state index in [9.17, 15) is 0 Å². The minimum Gasteiger partial charge on any atom is -0.368 e. The molecule has 0 spiro atoms. The van der Waals surface area contributed by atoms with Crippen LogP contribution in [0.2, 0.25) is 5.02 Å². The third kappa shape index (κ3) is 2.82.